The minimum Gasteiger partial charge on any atom is -0.339 e. The molecule has 0 radical (unpaired) electrons. The summed E-state index contributed by atoms with van der Waals surface area (Å²) in [4.78, 5) is 24.4. The van der Waals surface area contributed by atoms with Gasteiger partial charge in [-0.25, -0.2) is 0 Å². The number of benzene rings is 2. The zero-order chi connectivity index (χ0) is 25.5. The zero-order valence-electron chi connectivity index (χ0n) is 22.1. The molecule has 3 aromatic rings. The molecule has 1 aliphatic heterocycles. The second kappa shape index (κ2) is 12.3. The Hall–Kier alpha value is -3.03. The molecular weight excluding hydrogens is 450 g/mol. The smallest absolute Gasteiger partial charge is 0.253 e. The highest BCUT2D eigenvalue weighted by molar-refractivity contribution is 5.94. The second-order valence-electron chi connectivity index (χ2n) is 9.97. The lowest BCUT2D eigenvalue weighted by molar-refractivity contribution is 0.0635. The third-order valence-electron chi connectivity index (χ3n) is 7.03. The number of piperazine rings is 1. The molecule has 0 aliphatic carbocycles. The monoisotopic (exact) mass is 489 g/mol. The molecule has 2 aromatic carbocycles. The molecule has 0 saturated carbocycles. The van der Waals surface area contributed by atoms with E-state index in [1.54, 1.807) is 0 Å². The van der Waals surface area contributed by atoms with Gasteiger partial charge in [0.1, 0.15) is 0 Å². The number of aryl methyl sites for hydroxylation is 2. The van der Waals surface area contributed by atoms with E-state index in [1.807, 2.05) is 29.2 Å². The number of amides is 1. The van der Waals surface area contributed by atoms with Crippen molar-refractivity contribution in [1.29, 1.82) is 0 Å². The topological polar surface area (TPSA) is 65.7 Å². The number of carbonyl (C=O) groups excluding carboxylic acids is 1. The van der Waals surface area contributed by atoms with Crippen LogP contribution in [0.5, 0.6) is 0 Å². The van der Waals surface area contributed by atoms with Crippen molar-refractivity contribution < 1.29 is 9.32 Å². The van der Waals surface area contributed by atoms with Crippen molar-refractivity contribution in [2.24, 2.45) is 0 Å². The van der Waals surface area contributed by atoms with Crippen LogP contribution in [0.3, 0.4) is 0 Å². The molecule has 1 aliphatic rings. The Labute approximate surface area is 215 Å². The first-order chi connectivity index (χ1) is 17.4. The first kappa shape index (κ1) is 26.0. The van der Waals surface area contributed by atoms with Crippen LogP contribution in [0.1, 0.15) is 54.6 Å². The minimum absolute atomic E-state index is 0.131. The zero-order valence-corrected chi connectivity index (χ0v) is 22.1. The van der Waals surface area contributed by atoms with Gasteiger partial charge in [-0.3, -0.25) is 14.6 Å². The van der Waals surface area contributed by atoms with Gasteiger partial charge in [0.25, 0.3) is 5.91 Å². The number of hydrogen-bond donors (Lipinski definition) is 0. The third-order valence-corrected chi connectivity index (χ3v) is 7.03. The molecule has 1 aromatic heterocycles. The lowest BCUT2D eigenvalue weighted by Gasteiger charge is -2.34. The van der Waals surface area contributed by atoms with Gasteiger partial charge in [0.05, 0.1) is 0 Å². The summed E-state index contributed by atoms with van der Waals surface area (Å²) in [6.07, 6.45) is 1.71. The van der Waals surface area contributed by atoms with Crippen LogP contribution in [-0.4, -0.2) is 76.1 Å². The summed E-state index contributed by atoms with van der Waals surface area (Å²) in [5.41, 5.74) is 4.21. The quantitative estimate of drug-likeness (QED) is 0.413. The summed E-state index contributed by atoms with van der Waals surface area (Å²) in [5.74, 6) is 1.46. The molecule has 7 nitrogen and oxygen atoms in total. The SMILES string of the molecule is CCN(Cc1ccc(C(=O)N2CCN(CCCc3nc(-c4ccc(C)cc4)no3)CC2)cc1)C(C)C. The second-order valence-corrected chi connectivity index (χ2v) is 9.97. The molecule has 1 amide bonds. The van der Waals surface area contributed by atoms with Crippen LogP contribution in [0, 0.1) is 6.92 Å². The van der Waals surface area contributed by atoms with Crippen molar-refractivity contribution >= 4 is 5.91 Å². The van der Waals surface area contributed by atoms with Crippen molar-refractivity contribution in [1.82, 2.24) is 24.8 Å². The first-order valence-corrected chi connectivity index (χ1v) is 13.2. The highest BCUT2D eigenvalue weighted by Crippen LogP contribution is 2.17. The Kier molecular flexibility index (Phi) is 8.88. The normalized spacial score (nSPS) is 14.7. The first-order valence-electron chi connectivity index (χ1n) is 13.2. The summed E-state index contributed by atoms with van der Waals surface area (Å²) in [7, 11) is 0. The summed E-state index contributed by atoms with van der Waals surface area (Å²) in [6.45, 7) is 14.9. The van der Waals surface area contributed by atoms with E-state index in [0.29, 0.717) is 17.8 Å². The molecule has 7 heteroatoms. The fourth-order valence-corrected chi connectivity index (χ4v) is 4.63. The Morgan fingerprint density at radius 2 is 1.72 bits per heavy atom. The molecule has 192 valence electrons. The van der Waals surface area contributed by atoms with Crippen molar-refractivity contribution in [3.8, 4) is 11.4 Å². The Balaban J connectivity index is 1.19. The molecule has 0 spiro atoms. The molecule has 1 fully saturated rings. The molecule has 4 rings (SSSR count). The number of hydrogen-bond acceptors (Lipinski definition) is 6. The summed E-state index contributed by atoms with van der Waals surface area (Å²) >= 11 is 0. The van der Waals surface area contributed by atoms with Crippen LogP contribution in [0.2, 0.25) is 0 Å². The van der Waals surface area contributed by atoms with Crippen molar-refractivity contribution in [2.75, 3.05) is 39.3 Å². The number of rotatable bonds is 10. The van der Waals surface area contributed by atoms with Crippen LogP contribution >= 0.6 is 0 Å². The van der Waals surface area contributed by atoms with Gasteiger partial charge >= 0.3 is 0 Å². The van der Waals surface area contributed by atoms with E-state index in [4.69, 9.17) is 4.52 Å². The van der Waals surface area contributed by atoms with Gasteiger partial charge in [0, 0.05) is 56.3 Å². The Morgan fingerprint density at radius 1 is 1.03 bits per heavy atom. The maximum atomic E-state index is 13.0. The van der Waals surface area contributed by atoms with E-state index in [0.717, 1.165) is 69.8 Å². The van der Waals surface area contributed by atoms with Crippen molar-refractivity contribution in [3.05, 3.63) is 71.1 Å². The molecule has 1 saturated heterocycles. The largest absolute Gasteiger partial charge is 0.339 e. The third kappa shape index (κ3) is 6.80. The van der Waals surface area contributed by atoms with Crippen LogP contribution < -0.4 is 0 Å². The molecule has 36 heavy (non-hydrogen) atoms. The maximum Gasteiger partial charge on any atom is 0.253 e. The molecular formula is C29H39N5O2. The van der Waals surface area contributed by atoms with E-state index in [1.165, 1.54) is 11.1 Å². The van der Waals surface area contributed by atoms with Crippen molar-refractivity contribution in [2.45, 2.75) is 53.1 Å². The van der Waals surface area contributed by atoms with Crippen LogP contribution in [-0.2, 0) is 13.0 Å². The summed E-state index contributed by atoms with van der Waals surface area (Å²) in [5, 5.41) is 4.12. The number of nitrogens with zero attached hydrogens (tertiary/aromatic N) is 5. The lowest BCUT2D eigenvalue weighted by Crippen LogP contribution is -2.48. The van der Waals surface area contributed by atoms with Crippen molar-refractivity contribution in [3.63, 3.8) is 0 Å². The molecule has 0 unspecified atom stereocenters. The predicted molar refractivity (Wildman–Crippen MR) is 143 cm³/mol. The van der Waals surface area contributed by atoms with E-state index in [2.05, 4.69) is 71.9 Å². The molecule has 0 atom stereocenters. The lowest BCUT2D eigenvalue weighted by atomic mass is 10.1. The number of aromatic nitrogens is 2. The summed E-state index contributed by atoms with van der Waals surface area (Å²) < 4.78 is 5.45. The Morgan fingerprint density at radius 3 is 2.36 bits per heavy atom. The highest BCUT2D eigenvalue weighted by atomic mass is 16.5. The van der Waals surface area contributed by atoms with Crippen LogP contribution in [0.4, 0.5) is 0 Å². The van der Waals surface area contributed by atoms with E-state index in [9.17, 15) is 4.79 Å². The van der Waals surface area contributed by atoms with Gasteiger partial charge in [-0.2, -0.15) is 4.98 Å². The molecule has 0 N–H and O–H groups in total. The molecule has 0 bridgehead atoms. The van der Waals surface area contributed by atoms with E-state index >= 15 is 0 Å². The standard InChI is InChI=1S/C29H39N5O2/c1-5-33(22(2)3)21-24-10-14-26(15-11-24)29(35)34-19-17-32(18-20-34)16-6-7-27-30-28(31-36-27)25-12-8-23(4)9-13-25/h8-15,22H,5-7,16-21H2,1-4H3. The minimum atomic E-state index is 0.131. The van der Waals surface area contributed by atoms with Gasteiger partial charge < -0.3 is 9.42 Å². The maximum absolute atomic E-state index is 13.0. The Bertz CT molecular complexity index is 1100. The van der Waals surface area contributed by atoms with Gasteiger partial charge in [-0.1, -0.05) is 54.0 Å². The van der Waals surface area contributed by atoms with Crippen LogP contribution in [0.25, 0.3) is 11.4 Å². The van der Waals surface area contributed by atoms with Gasteiger partial charge in [-0.05, 0) is 58.0 Å². The average Bonchev–Trinajstić information content (AvgIpc) is 3.37. The predicted octanol–water partition coefficient (Wildman–Crippen LogP) is 4.67. The van der Waals surface area contributed by atoms with E-state index < -0.39 is 0 Å². The summed E-state index contributed by atoms with van der Waals surface area (Å²) in [6, 6.07) is 16.8. The fraction of sp³-hybridized carbons (Fsp3) is 0.483. The van der Waals surface area contributed by atoms with Gasteiger partial charge in [-0.15, -0.1) is 0 Å². The number of carbonyl (C=O) groups is 1. The van der Waals surface area contributed by atoms with Gasteiger partial charge in [0.15, 0.2) is 0 Å². The average molecular weight is 490 g/mol. The van der Waals surface area contributed by atoms with Gasteiger partial charge in [0.2, 0.25) is 11.7 Å². The van der Waals surface area contributed by atoms with Crippen LogP contribution in [0.15, 0.2) is 53.1 Å². The van der Waals surface area contributed by atoms with E-state index in [-0.39, 0.29) is 5.91 Å². The highest BCUT2D eigenvalue weighted by Gasteiger charge is 2.22. The fourth-order valence-electron chi connectivity index (χ4n) is 4.63. The molecule has 2 heterocycles.